The number of hydrogen-bond acceptors (Lipinski definition) is 4. The maximum Gasteiger partial charge on any atom is 0.317 e. The predicted molar refractivity (Wildman–Crippen MR) is 104 cm³/mol. The van der Waals surface area contributed by atoms with E-state index in [2.05, 4.69) is 10.2 Å². The molecule has 0 bridgehead atoms. The lowest BCUT2D eigenvalue weighted by molar-refractivity contribution is 0.0664. The van der Waals surface area contributed by atoms with Crippen molar-refractivity contribution in [3.8, 4) is 0 Å². The first-order chi connectivity index (χ1) is 13.2. The summed E-state index contributed by atoms with van der Waals surface area (Å²) in [7, 11) is 1.72. The highest BCUT2D eigenvalue weighted by Gasteiger charge is 2.26. The van der Waals surface area contributed by atoms with E-state index in [0.29, 0.717) is 44.2 Å². The fourth-order valence-corrected chi connectivity index (χ4v) is 3.72. The maximum absolute atomic E-state index is 12.5. The van der Waals surface area contributed by atoms with E-state index in [0.717, 1.165) is 32.7 Å². The van der Waals surface area contributed by atoms with Crippen LogP contribution in [0.5, 0.6) is 0 Å². The van der Waals surface area contributed by atoms with E-state index in [1.54, 1.807) is 7.11 Å². The van der Waals surface area contributed by atoms with Crippen molar-refractivity contribution in [3.63, 3.8) is 0 Å². The molecule has 2 heterocycles. The van der Waals surface area contributed by atoms with E-state index in [-0.39, 0.29) is 11.9 Å². The molecule has 1 aromatic carbocycles. The van der Waals surface area contributed by atoms with E-state index in [9.17, 15) is 9.59 Å². The number of rotatable bonds is 6. The summed E-state index contributed by atoms with van der Waals surface area (Å²) in [5.74, 6) is 0.546. The number of likely N-dealkylation sites (tertiary alicyclic amines) is 1. The van der Waals surface area contributed by atoms with Gasteiger partial charge in [-0.1, -0.05) is 18.2 Å². The van der Waals surface area contributed by atoms with Gasteiger partial charge in [-0.2, -0.15) is 0 Å². The van der Waals surface area contributed by atoms with Gasteiger partial charge in [0.05, 0.1) is 6.61 Å². The summed E-state index contributed by atoms with van der Waals surface area (Å²) < 4.78 is 5.12. The molecule has 27 heavy (non-hydrogen) atoms. The molecule has 3 rings (SSSR count). The summed E-state index contributed by atoms with van der Waals surface area (Å²) in [4.78, 5) is 30.9. The van der Waals surface area contributed by atoms with Gasteiger partial charge in [-0.15, -0.1) is 0 Å². The standard InChI is InChI=1S/C20H30N4O3/c1-27-14-13-22-8-7-17(16-22)15-21-20(26)24-11-9-23(10-12-24)19(25)18-5-3-2-4-6-18/h2-6,17H,7-16H2,1H3,(H,21,26)/t17-/m1/s1. The molecule has 0 radical (unpaired) electrons. The molecule has 0 aromatic heterocycles. The van der Waals surface area contributed by atoms with Crippen LogP contribution in [-0.2, 0) is 4.74 Å². The molecule has 2 fully saturated rings. The minimum atomic E-state index is -0.0165. The topological polar surface area (TPSA) is 65.1 Å². The molecule has 0 aliphatic carbocycles. The molecule has 0 unspecified atom stereocenters. The molecule has 1 aromatic rings. The van der Waals surface area contributed by atoms with Gasteiger partial charge in [0.1, 0.15) is 0 Å². The van der Waals surface area contributed by atoms with Gasteiger partial charge in [0.15, 0.2) is 0 Å². The Kier molecular flexibility index (Phi) is 7.06. The number of urea groups is 1. The van der Waals surface area contributed by atoms with Crippen LogP contribution in [0.2, 0.25) is 0 Å². The van der Waals surface area contributed by atoms with Crippen molar-refractivity contribution >= 4 is 11.9 Å². The monoisotopic (exact) mass is 374 g/mol. The third kappa shape index (κ3) is 5.43. The SMILES string of the molecule is COCCN1CC[C@H](CNC(=O)N2CCN(C(=O)c3ccccc3)CC2)C1. The highest BCUT2D eigenvalue weighted by molar-refractivity contribution is 5.94. The van der Waals surface area contributed by atoms with Crippen LogP contribution in [0.3, 0.4) is 0 Å². The largest absolute Gasteiger partial charge is 0.383 e. The van der Waals surface area contributed by atoms with E-state index < -0.39 is 0 Å². The number of carbonyl (C=O) groups is 2. The lowest BCUT2D eigenvalue weighted by Gasteiger charge is -2.35. The predicted octanol–water partition coefficient (Wildman–Crippen LogP) is 1.12. The van der Waals surface area contributed by atoms with Crippen LogP contribution < -0.4 is 5.32 Å². The van der Waals surface area contributed by atoms with Gasteiger partial charge in [0.25, 0.3) is 5.91 Å². The third-order valence-corrected chi connectivity index (χ3v) is 5.40. The van der Waals surface area contributed by atoms with Crippen LogP contribution in [0.4, 0.5) is 4.79 Å². The number of nitrogens with one attached hydrogen (secondary N) is 1. The second-order valence-corrected chi connectivity index (χ2v) is 7.28. The molecule has 148 valence electrons. The number of amides is 3. The number of hydrogen-bond donors (Lipinski definition) is 1. The van der Waals surface area contributed by atoms with Crippen molar-refractivity contribution in [1.82, 2.24) is 20.0 Å². The first kappa shape index (κ1) is 19.6. The smallest absolute Gasteiger partial charge is 0.317 e. The highest BCUT2D eigenvalue weighted by atomic mass is 16.5. The van der Waals surface area contributed by atoms with Crippen molar-refractivity contribution < 1.29 is 14.3 Å². The molecule has 7 nitrogen and oxygen atoms in total. The first-order valence-corrected chi connectivity index (χ1v) is 9.75. The number of ether oxygens (including phenoxy) is 1. The molecule has 0 saturated carbocycles. The minimum absolute atomic E-state index is 0.0165. The number of piperazine rings is 1. The number of carbonyl (C=O) groups excluding carboxylic acids is 2. The van der Waals surface area contributed by atoms with Crippen molar-refractivity contribution in [2.24, 2.45) is 5.92 Å². The Morgan fingerprint density at radius 1 is 1.07 bits per heavy atom. The maximum atomic E-state index is 12.5. The minimum Gasteiger partial charge on any atom is -0.383 e. The van der Waals surface area contributed by atoms with Gasteiger partial charge in [-0.05, 0) is 31.0 Å². The summed E-state index contributed by atoms with van der Waals surface area (Å²) in [6, 6.07) is 9.29. The fourth-order valence-electron chi connectivity index (χ4n) is 3.72. The van der Waals surface area contributed by atoms with Crippen molar-refractivity contribution in [2.45, 2.75) is 6.42 Å². The normalized spacial score (nSPS) is 20.7. The molecular weight excluding hydrogens is 344 g/mol. The number of benzene rings is 1. The first-order valence-electron chi connectivity index (χ1n) is 9.75. The summed E-state index contributed by atoms with van der Waals surface area (Å²) in [6.07, 6.45) is 1.11. The van der Waals surface area contributed by atoms with Crippen LogP contribution >= 0.6 is 0 Å². The van der Waals surface area contributed by atoms with E-state index >= 15 is 0 Å². The van der Waals surface area contributed by atoms with Crippen LogP contribution in [0.15, 0.2) is 30.3 Å². The Balaban J connectivity index is 1.37. The van der Waals surface area contributed by atoms with Crippen LogP contribution in [-0.4, -0.2) is 92.7 Å². The van der Waals surface area contributed by atoms with E-state index in [1.807, 2.05) is 40.1 Å². The summed E-state index contributed by atoms with van der Waals surface area (Å²) in [5, 5.41) is 3.07. The van der Waals surface area contributed by atoms with Crippen molar-refractivity contribution in [1.29, 1.82) is 0 Å². The van der Waals surface area contributed by atoms with Gasteiger partial charge in [-0.25, -0.2) is 4.79 Å². The Morgan fingerprint density at radius 3 is 2.48 bits per heavy atom. The Morgan fingerprint density at radius 2 is 1.78 bits per heavy atom. The van der Waals surface area contributed by atoms with E-state index in [4.69, 9.17) is 4.74 Å². The third-order valence-electron chi connectivity index (χ3n) is 5.40. The van der Waals surface area contributed by atoms with E-state index in [1.165, 1.54) is 0 Å². The van der Waals surface area contributed by atoms with Gasteiger partial charge in [0, 0.05) is 58.5 Å². The molecule has 0 spiro atoms. The van der Waals surface area contributed by atoms with Crippen LogP contribution in [0.25, 0.3) is 0 Å². The van der Waals surface area contributed by atoms with Crippen LogP contribution in [0, 0.1) is 5.92 Å². The second-order valence-electron chi connectivity index (χ2n) is 7.28. The average Bonchev–Trinajstić information content (AvgIpc) is 3.18. The van der Waals surface area contributed by atoms with Gasteiger partial charge in [-0.3, -0.25) is 4.79 Å². The number of methoxy groups -OCH3 is 1. The summed E-state index contributed by atoms with van der Waals surface area (Å²) >= 11 is 0. The van der Waals surface area contributed by atoms with Gasteiger partial charge < -0.3 is 24.8 Å². The molecule has 7 heteroatoms. The zero-order valence-corrected chi connectivity index (χ0v) is 16.1. The van der Waals surface area contributed by atoms with Crippen molar-refractivity contribution in [3.05, 3.63) is 35.9 Å². The molecule has 1 atom stereocenters. The highest BCUT2D eigenvalue weighted by Crippen LogP contribution is 2.15. The zero-order chi connectivity index (χ0) is 19.1. The lowest BCUT2D eigenvalue weighted by atomic mass is 10.1. The Labute approximate surface area is 161 Å². The quantitative estimate of drug-likeness (QED) is 0.811. The average molecular weight is 374 g/mol. The van der Waals surface area contributed by atoms with Gasteiger partial charge >= 0.3 is 6.03 Å². The lowest BCUT2D eigenvalue weighted by Crippen LogP contribution is -2.53. The molecule has 3 amide bonds. The summed E-state index contributed by atoms with van der Waals surface area (Å²) in [5.41, 5.74) is 0.703. The Hall–Kier alpha value is -2.12. The molecule has 2 saturated heterocycles. The van der Waals surface area contributed by atoms with Crippen molar-refractivity contribution in [2.75, 3.05) is 66.1 Å². The fraction of sp³-hybridized carbons (Fsp3) is 0.600. The Bertz CT molecular complexity index is 617. The number of nitrogens with zero attached hydrogens (tertiary/aromatic N) is 3. The molecular formula is C20H30N4O3. The van der Waals surface area contributed by atoms with Crippen LogP contribution in [0.1, 0.15) is 16.8 Å². The molecule has 1 N–H and O–H groups in total. The molecule has 2 aliphatic rings. The molecule has 2 aliphatic heterocycles. The summed E-state index contributed by atoms with van der Waals surface area (Å²) in [6.45, 7) is 6.83. The zero-order valence-electron chi connectivity index (χ0n) is 16.1. The second kappa shape index (κ2) is 9.71. The van der Waals surface area contributed by atoms with Gasteiger partial charge in [0.2, 0.25) is 0 Å².